The third-order valence-corrected chi connectivity index (χ3v) is 4.81. The van der Waals surface area contributed by atoms with Gasteiger partial charge in [-0.05, 0) is 49.2 Å². The second-order valence-corrected chi connectivity index (χ2v) is 7.33. The summed E-state index contributed by atoms with van der Waals surface area (Å²) in [5.74, 6) is 1.65. The van der Waals surface area contributed by atoms with Crippen molar-refractivity contribution >= 4 is 11.4 Å². The summed E-state index contributed by atoms with van der Waals surface area (Å²) in [4.78, 5) is 0. The van der Waals surface area contributed by atoms with Crippen molar-refractivity contribution in [3.63, 3.8) is 0 Å². The molecule has 0 fully saturated rings. The maximum atomic E-state index is 6.09. The number of nitrogen functional groups attached to an aromatic ring is 2. The largest absolute Gasteiger partial charge is 0.493 e. The van der Waals surface area contributed by atoms with Crippen LogP contribution in [0.2, 0.25) is 0 Å². The summed E-state index contributed by atoms with van der Waals surface area (Å²) in [6.07, 6.45) is 9.39. The molecule has 0 heterocycles. The van der Waals surface area contributed by atoms with E-state index in [1.54, 1.807) is 0 Å². The first kappa shape index (κ1) is 21.9. The van der Waals surface area contributed by atoms with E-state index in [9.17, 15) is 0 Å². The van der Waals surface area contributed by atoms with Crippen LogP contribution in [0.25, 0.3) is 11.1 Å². The van der Waals surface area contributed by atoms with Crippen LogP contribution in [-0.2, 0) is 0 Å². The van der Waals surface area contributed by atoms with E-state index in [-0.39, 0.29) is 0 Å². The molecule has 0 unspecified atom stereocenters. The minimum atomic E-state index is 0.699. The maximum Gasteiger partial charge on any atom is 0.127 e. The third-order valence-electron chi connectivity index (χ3n) is 4.81. The molecule has 0 saturated carbocycles. The second-order valence-electron chi connectivity index (χ2n) is 7.33. The number of benzene rings is 2. The van der Waals surface area contributed by atoms with Crippen molar-refractivity contribution in [1.29, 1.82) is 0 Å². The van der Waals surface area contributed by atoms with Crippen LogP contribution in [0, 0.1) is 0 Å². The standard InChI is InChI=1S/C24H36N2O2/c1-3-5-7-9-15-27-23-13-11-19(25)17-21(23)22-18-20(26)12-14-24(22)28-16-10-8-6-4-2/h11-14,17-18H,3-10,15-16,25-26H2,1-2H3. The molecule has 0 spiro atoms. The van der Waals surface area contributed by atoms with Gasteiger partial charge in [0.05, 0.1) is 13.2 Å². The van der Waals surface area contributed by atoms with Crippen molar-refractivity contribution < 1.29 is 9.47 Å². The van der Waals surface area contributed by atoms with Gasteiger partial charge in [-0.3, -0.25) is 0 Å². The molecule has 4 nitrogen and oxygen atoms in total. The van der Waals surface area contributed by atoms with Crippen molar-refractivity contribution in [1.82, 2.24) is 0 Å². The molecule has 2 rings (SSSR count). The van der Waals surface area contributed by atoms with Gasteiger partial charge in [0, 0.05) is 22.5 Å². The van der Waals surface area contributed by atoms with E-state index < -0.39 is 0 Å². The van der Waals surface area contributed by atoms with E-state index in [1.165, 1.54) is 38.5 Å². The lowest BCUT2D eigenvalue weighted by Gasteiger charge is -2.17. The smallest absolute Gasteiger partial charge is 0.127 e. The molecule has 0 amide bonds. The molecule has 2 aromatic rings. The molecular formula is C24H36N2O2. The van der Waals surface area contributed by atoms with Crippen LogP contribution in [0.4, 0.5) is 11.4 Å². The molecule has 0 saturated heterocycles. The molecule has 0 bridgehead atoms. The van der Waals surface area contributed by atoms with Crippen molar-refractivity contribution in [2.45, 2.75) is 65.2 Å². The zero-order valence-corrected chi connectivity index (χ0v) is 17.5. The Kier molecular flexibility index (Phi) is 9.53. The number of hydrogen-bond acceptors (Lipinski definition) is 4. The van der Waals surface area contributed by atoms with E-state index >= 15 is 0 Å². The highest BCUT2D eigenvalue weighted by Crippen LogP contribution is 2.39. The highest BCUT2D eigenvalue weighted by Gasteiger charge is 2.13. The van der Waals surface area contributed by atoms with Crippen molar-refractivity contribution in [2.75, 3.05) is 24.7 Å². The summed E-state index contributed by atoms with van der Waals surface area (Å²) in [5.41, 5.74) is 15.4. The molecule has 0 atom stereocenters. The van der Waals surface area contributed by atoms with E-state index in [0.29, 0.717) is 24.6 Å². The van der Waals surface area contributed by atoms with Gasteiger partial charge in [-0.2, -0.15) is 0 Å². The molecule has 154 valence electrons. The van der Waals surface area contributed by atoms with Gasteiger partial charge in [0.1, 0.15) is 11.5 Å². The first-order valence-corrected chi connectivity index (χ1v) is 10.7. The number of hydrogen-bond donors (Lipinski definition) is 2. The number of anilines is 2. The fraction of sp³-hybridized carbons (Fsp3) is 0.500. The van der Waals surface area contributed by atoms with Gasteiger partial charge in [0.25, 0.3) is 0 Å². The minimum absolute atomic E-state index is 0.699. The normalized spacial score (nSPS) is 10.8. The molecule has 0 aliphatic carbocycles. The van der Waals surface area contributed by atoms with E-state index in [2.05, 4.69) is 13.8 Å². The fourth-order valence-corrected chi connectivity index (χ4v) is 3.19. The average molecular weight is 385 g/mol. The van der Waals surface area contributed by atoms with Gasteiger partial charge in [-0.15, -0.1) is 0 Å². The maximum absolute atomic E-state index is 6.09. The molecule has 2 aromatic carbocycles. The summed E-state index contributed by atoms with van der Waals surface area (Å²) in [6.45, 7) is 5.82. The lowest BCUT2D eigenvalue weighted by Crippen LogP contribution is -2.02. The van der Waals surface area contributed by atoms with Crippen LogP contribution >= 0.6 is 0 Å². The van der Waals surface area contributed by atoms with Gasteiger partial charge in [-0.25, -0.2) is 0 Å². The number of nitrogens with two attached hydrogens (primary N) is 2. The fourth-order valence-electron chi connectivity index (χ4n) is 3.19. The van der Waals surface area contributed by atoms with Crippen LogP contribution < -0.4 is 20.9 Å². The topological polar surface area (TPSA) is 70.5 Å². The van der Waals surface area contributed by atoms with Crippen LogP contribution in [-0.4, -0.2) is 13.2 Å². The predicted octanol–water partition coefficient (Wildman–Crippen LogP) is 6.44. The summed E-state index contributed by atoms with van der Waals surface area (Å²) in [7, 11) is 0. The van der Waals surface area contributed by atoms with Gasteiger partial charge in [0.15, 0.2) is 0 Å². The van der Waals surface area contributed by atoms with Crippen molar-refractivity contribution in [2.24, 2.45) is 0 Å². The Bertz CT molecular complexity index is 654. The third kappa shape index (κ3) is 6.99. The Morgan fingerprint density at radius 3 is 1.43 bits per heavy atom. The first-order chi connectivity index (χ1) is 13.7. The first-order valence-electron chi connectivity index (χ1n) is 10.7. The van der Waals surface area contributed by atoms with Gasteiger partial charge < -0.3 is 20.9 Å². The average Bonchev–Trinajstić information content (AvgIpc) is 2.69. The van der Waals surface area contributed by atoms with Crippen LogP contribution in [0.15, 0.2) is 36.4 Å². The molecule has 0 aliphatic heterocycles. The van der Waals surface area contributed by atoms with Crippen molar-refractivity contribution in [3.05, 3.63) is 36.4 Å². The van der Waals surface area contributed by atoms with Crippen LogP contribution in [0.3, 0.4) is 0 Å². The summed E-state index contributed by atoms with van der Waals surface area (Å²) in [5, 5.41) is 0. The van der Waals surface area contributed by atoms with Crippen LogP contribution in [0.1, 0.15) is 65.2 Å². The molecule has 0 radical (unpaired) electrons. The second kappa shape index (κ2) is 12.2. The Balaban J connectivity index is 2.17. The van der Waals surface area contributed by atoms with E-state index in [0.717, 1.165) is 35.5 Å². The molecule has 28 heavy (non-hydrogen) atoms. The highest BCUT2D eigenvalue weighted by atomic mass is 16.5. The van der Waals surface area contributed by atoms with Gasteiger partial charge in [-0.1, -0.05) is 52.4 Å². The number of ether oxygens (including phenoxy) is 2. The quantitative estimate of drug-likeness (QED) is 0.308. The lowest BCUT2D eigenvalue weighted by atomic mass is 10.0. The lowest BCUT2D eigenvalue weighted by molar-refractivity contribution is 0.302. The summed E-state index contributed by atoms with van der Waals surface area (Å²) < 4.78 is 12.2. The zero-order valence-electron chi connectivity index (χ0n) is 17.5. The Morgan fingerprint density at radius 1 is 0.607 bits per heavy atom. The summed E-state index contributed by atoms with van der Waals surface area (Å²) >= 11 is 0. The van der Waals surface area contributed by atoms with E-state index in [1.807, 2.05) is 36.4 Å². The minimum Gasteiger partial charge on any atom is -0.493 e. The SMILES string of the molecule is CCCCCCOc1ccc(N)cc1-c1cc(N)ccc1OCCCCCC. The summed E-state index contributed by atoms with van der Waals surface area (Å²) in [6, 6.07) is 11.5. The highest BCUT2D eigenvalue weighted by molar-refractivity contribution is 5.80. The Morgan fingerprint density at radius 2 is 1.04 bits per heavy atom. The molecular weight excluding hydrogens is 348 g/mol. The molecule has 4 heteroatoms. The van der Waals surface area contributed by atoms with Crippen LogP contribution in [0.5, 0.6) is 11.5 Å². The number of rotatable bonds is 13. The zero-order chi connectivity index (χ0) is 20.2. The van der Waals surface area contributed by atoms with Crippen molar-refractivity contribution in [3.8, 4) is 22.6 Å². The monoisotopic (exact) mass is 384 g/mol. The molecule has 4 N–H and O–H groups in total. The Hall–Kier alpha value is -2.36. The molecule has 0 aromatic heterocycles. The Labute approximate surface area is 170 Å². The van der Waals surface area contributed by atoms with Gasteiger partial charge >= 0.3 is 0 Å². The predicted molar refractivity (Wildman–Crippen MR) is 120 cm³/mol. The van der Waals surface area contributed by atoms with E-state index in [4.69, 9.17) is 20.9 Å². The molecule has 0 aliphatic rings. The van der Waals surface area contributed by atoms with Gasteiger partial charge in [0.2, 0.25) is 0 Å². The number of unbranched alkanes of at least 4 members (excludes halogenated alkanes) is 6.